The van der Waals surface area contributed by atoms with E-state index in [2.05, 4.69) is 44.8 Å². The van der Waals surface area contributed by atoms with Gasteiger partial charge in [0.2, 0.25) is 0 Å². The third-order valence-corrected chi connectivity index (χ3v) is 2.80. The number of halogens is 1. The summed E-state index contributed by atoms with van der Waals surface area (Å²) >= 11 is 3.38. The summed E-state index contributed by atoms with van der Waals surface area (Å²) in [5, 5.41) is 11.6. The Balaban J connectivity index is 2.73. The van der Waals surface area contributed by atoms with E-state index in [0.29, 0.717) is 19.1 Å². The van der Waals surface area contributed by atoms with Crippen molar-refractivity contribution in [2.45, 2.75) is 26.4 Å². The maximum Gasteiger partial charge on any atom is 0.153 e. The molecule has 0 saturated heterocycles. The fourth-order valence-corrected chi connectivity index (χ4v) is 1.85. The molecule has 0 atom stereocenters. The Kier molecular flexibility index (Phi) is 5.37. The standard InChI is InChI=1S/C11H17BrN4O/c1-8(2)16(7-11(13)15-17)6-9-3-10(12)5-14-4-9/h3-5,8,17H,6-7H2,1-2H3,(H2,13,15). The van der Waals surface area contributed by atoms with Gasteiger partial charge in [0.15, 0.2) is 5.84 Å². The van der Waals surface area contributed by atoms with Gasteiger partial charge >= 0.3 is 0 Å². The molecule has 0 aliphatic rings. The lowest BCUT2D eigenvalue weighted by molar-refractivity contribution is 0.238. The molecule has 0 amide bonds. The average Bonchev–Trinajstić information content (AvgIpc) is 2.27. The summed E-state index contributed by atoms with van der Waals surface area (Å²) in [5.74, 6) is 0.210. The van der Waals surface area contributed by atoms with E-state index in [9.17, 15) is 0 Å². The number of hydrogen-bond donors (Lipinski definition) is 2. The highest BCUT2D eigenvalue weighted by Gasteiger charge is 2.12. The number of amidine groups is 1. The van der Waals surface area contributed by atoms with Crippen molar-refractivity contribution in [3.05, 3.63) is 28.5 Å². The van der Waals surface area contributed by atoms with Crippen LogP contribution in [0, 0.1) is 0 Å². The van der Waals surface area contributed by atoms with Crippen LogP contribution >= 0.6 is 15.9 Å². The van der Waals surface area contributed by atoms with Crippen LogP contribution in [-0.2, 0) is 6.54 Å². The van der Waals surface area contributed by atoms with Gasteiger partial charge in [-0.15, -0.1) is 0 Å². The van der Waals surface area contributed by atoms with E-state index in [-0.39, 0.29) is 5.84 Å². The zero-order chi connectivity index (χ0) is 12.8. The molecular formula is C11H17BrN4O. The number of hydrogen-bond acceptors (Lipinski definition) is 4. The summed E-state index contributed by atoms with van der Waals surface area (Å²) in [6.07, 6.45) is 3.55. The van der Waals surface area contributed by atoms with Crippen molar-refractivity contribution in [2.75, 3.05) is 6.54 Å². The lowest BCUT2D eigenvalue weighted by Crippen LogP contribution is -2.38. The first-order valence-electron chi connectivity index (χ1n) is 5.32. The Labute approximate surface area is 109 Å². The predicted octanol–water partition coefficient (Wildman–Crippen LogP) is 1.80. The molecule has 0 radical (unpaired) electrons. The van der Waals surface area contributed by atoms with Crippen LogP contribution in [0.3, 0.4) is 0 Å². The Morgan fingerprint density at radius 3 is 2.82 bits per heavy atom. The highest BCUT2D eigenvalue weighted by Crippen LogP contribution is 2.12. The van der Waals surface area contributed by atoms with Gasteiger partial charge in [-0.05, 0) is 41.4 Å². The number of aromatic nitrogens is 1. The zero-order valence-corrected chi connectivity index (χ0v) is 11.6. The second-order valence-electron chi connectivity index (χ2n) is 4.10. The molecule has 0 fully saturated rings. The van der Waals surface area contributed by atoms with E-state index in [4.69, 9.17) is 10.9 Å². The largest absolute Gasteiger partial charge is 0.409 e. The van der Waals surface area contributed by atoms with E-state index in [1.54, 1.807) is 6.20 Å². The molecule has 5 nitrogen and oxygen atoms in total. The van der Waals surface area contributed by atoms with Gasteiger partial charge in [-0.25, -0.2) is 0 Å². The van der Waals surface area contributed by atoms with Crippen molar-refractivity contribution in [3.8, 4) is 0 Å². The first-order chi connectivity index (χ1) is 8.02. The lowest BCUT2D eigenvalue weighted by Gasteiger charge is -2.25. The van der Waals surface area contributed by atoms with Gasteiger partial charge in [-0.1, -0.05) is 5.16 Å². The van der Waals surface area contributed by atoms with Crippen molar-refractivity contribution in [1.82, 2.24) is 9.88 Å². The average molecular weight is 301 g/mol. The molecule has 1 rings (SSSR count). The second kappa shape index (κ2) is 6.56. The summed E-state index contributed by atoms with van der Waals surface area (Å²) in [7, 11) is 0. The maximum absolute atomic E-state index is 8.59. The minimum Gasteiger partial charge on any atom is -0.409 e. The summed E-state index contributed by atoms with van der Waals surface area (Å²) in [4.78, 5) is 6.21. The van der Waals surface area contributed by atoms with Crippen molar-refractivity contribution < 1.29 is 5.21 Å². The van der Waals surface area contributed by atoms with Gasteiger partial charge < -0.3 is 10.9 Å². The molecule has 0 aromatic carbocycles. The minimum absolute atomic E-state index is 0.210. The van der Waals surface area contributed by atoms with Crippen LogP contribution in [0.1, 0.15) is 19.4 Å². The normalized spacial score (nSPS) is 12.4. The van der Waals surface area contributed by atoms with Gasteiger partial charge in [-0.2, -0.15) is 0 Å². The first kappa shape index (κ1) is 13.9. The molecule has 0 spiro atoms. The van der Waals surface area contributed by atoms with Crippen molar-refractivity contribution >= 4 is 21.8 Å². The third kappa shape index (κ3) is 4.70. The SMILES string of the molecule is CC(C)N(C/C(N)=N/O)Cc1cncc(Br)c1. The number of nitrogens with two attached hydrogens (primary N) is 1. The van der Waals surface area contributed by atoms with E-state index < -0.39 is 0 Å². The van der Waals surface area contributed by atoms with E-state index in [0.717, 1.165) is 10.0 Å². The molecule has 0 saturated carbocycles. The molecule has 6 heteroatoms. The van der Waals surface area contributed by atoms with E-state index in [1.165, 1.54) is 0 Å². The molecule has 0 bridgehead atoms. The second-order valence-corrected chi connectivity index (χ2v) is 5.02. The Morgan fingerprint density at radius 1 is 1.59 bits per heavy atom. The predicted molar refractivity (Wildman–Crippen MR) is 70.9 cm³/mol. The van der Waals surface area contributed by atoms with Crippen LogP contribution in [0.4, 0.5) is 0 Å². The number of oxime groups is 1. The van der Waals surface area contributed by atoms with Crippen molar-refractivity contribution in [3.63, 3.8) is 0 Å². The Morgan fingerprint density at radius 2 is 2.29 bits per heavy atom. The van der Waals surface area contributed by atoms with E-state index in [1.807, 2.05) is 12.3 Å². The van der Waals surface area contributed by atoms with Crippen LogP contribution in [0.25, 0.3) is 0 Å². The first-order valence-corrected chi connectivity index (χ1v) is 6.12. The van der Waals surface area contributed by atoms with Gasteiger partial charge in [-0.3, -0.25) is 9.88 Å². The molecule has 1 aromatic heterocycles. The summed E-state index contributed by atoms with van der Waals surface area (Å²) in [5.41, 5.74) is 6.61. The molecule has 1 heterocycles. The van der Waals surface area contributed by atoms with Gasteiger partial charge in [0, 0.05) is 29.5 Å². The minimum atomic E-state index is 0.210. The zero-order valence-electron chi connectivity index (χ0n) is 9.97. The fraction of sp³-hybridized carbons (Fsp3) is 0.455. The number of nitrogens with zero attached hydrogens (tertiary/aromatic N) is 3. The molecule has 3 N–H and O–H groups in total. The smallest absolute Gasteiger partial charge is 0.153 e. The van der Waals surface area contributed by atoms with Crippen LogP contribution in [0.2, 0.25) is 0 Å². The molecule has 1 aromatic rings. The van der Waals surface area contributed by atoms with Gasteiger partial charge in [0.05, 0.1) is 6.54 Å². The Hall–Kier alpha value is -1.14. The highest BCUT2D eigenvalue weighted by atomic mass is 79.9. The van der Waals surface area contributed by atoms with Crippen LogP contribution in [0.5, 0.6) is 0 Å². The molecule has 94 valence electrons. The molecule has 0 aliphatic heterocycles. The topological polar surface area (TPSA) is 74.7 Å². The van der Waals surface area contributed by atoms with Crippen LogP contribution in [-0.4, -0.2) is 33.5 Å². The lowest BCUT2D eigenvalue weighted by atomic mass is 10.2. The molecular weight excluding hydrogens is 284 g/mol. The fourth-order valence-electron chi connectivity index (χ4n) is 1.44. The van der Waals surface area contributed by atoms with Crippen LogP contribution < -0.4 is 5.73 Å². The van der Waals surface area contributed by atoms with Gasteiger partial charge in [0.1, 0.15) is 0 Å². The van der Waals surface area contributed by atoms with Gasteiger partial charge in [0.25, 0.3) is 0 Å². The third-order valence-electron chi connectivity index (χ3n) is 2.37. The van der Waals surface area contributed by atoms with Crippen molar-refractivity contribution in [2.24, 2.45) is 10.9 Å². The quantitative estimate of drug-likeness (QED) is 0.376. The summed E-state index contributed by atoms with van der Waals surface area (Å²) < 4.78 is 0.947. The maximum atomic E-state index is 8.59. The van der Waals surface area contributed by atoms with E-state index >= 15 is 0 Å². The summed E-state index contributed by atoms with van der Waals surface area (Å²) in [6, 6.07) is 2.31. The number of rotatable bonds is 5. The van der Waals surface area contributed by atoms with Crippen molar-refractivity contribution in [1.29, 1.82) is 0 Å². The summed E-state index contributed by atoms with van der Waals surface area (Å²) in [6.45, 7) is 5.27. The van der Waals surface area contributed by atoms with Crippen LogP contribution in [0.15, 0.2) is 28.1 Å². The monoisotopic (exact) mass is 300 g/mol. The Bertz CT molecular complexity index is 395. The number of pyridine rings is 1. The molecule has 0 unspecified atom stereocenters. The molecule has 0 aliphatic carbocycles. The highest BCUT2D eigenvalue weighted by molar-refractivity contribution is 9.10. The molecule has 17 heavy (non-hydrogen) atoms.